The van der Waals surface area contributed by atoms with Crippen LogP contribution in [0, 0.1) is 6.92 Å². The molecule has 0 radical (unpaired) electrons. The second-order valence-corrected chi connectivity index (χ2v) is 4.62. The van der Waals surface area contributed by atoms with Gasteiger partial charge in [-0.05, 0) is 44.2 Å². The number of allylic oxidation sites excluding steroid dienone is 5. The van der Waals surface area contributed by atoms with Gasteiger partial charge in [0.15, 0.2) is 0 Å². The maximum atomic E-state index is 4.38. The molecule has 2 rings (SSSR count). The second-order valence-electron chi connectivity index (χ2n) is 4.62. The van der Waals surface area contributed by atoms with Gasteiger partial charge in [0.1, 0.15) is 0 Å². The summed E-state index contributed by atoms with van der Waals surface area (Å²) in [7, 11) is 0. The van der Waals surface area contributed by atoms with Crippen molar-refractivity contribution in [1.29, 1.82) is 0 Å². The lowest BCUT2D eigenvalue weighted by Crippen LogP contribution is -2.08. The van der Waals surface area contributed by atoms with Crippen molar-refractivity contribution in [3.63, 3.8) is 0 Å². The van der Waals surface area contributed by atoms with Crippen molar-refractivity contribution in [3.8, 4) is 0 Å². The average molecular weight is 276 g/mol. The van der Waals surface area contributed by atoms with E-state index in [4.69, 9.17) is 0 Å². The normalized spacial score (nSPS) is 11.7. The summed E-state index contributed by atoms with van der Waals surface area (Å²) in [6.45, 7) is 3.99. The quantitative estimate of drug-likeness (QED) is 0.700. The molecular weight excluding hydrogens is 256 g/mol. The summed E-state index contributed by atoms with van der Waals surface area (Å²) >= 11 is 0. The van der Waals surface area contributed by atoms with Gasteiger partial charge >= 0.3 is 0 Å². The number of nitrogens with zero attached hydrogens (tertiary/aromatic N) is 2. The molecule has 0 aliphatic carbocycles. The van der Waals surface area contributed by atoms with Gasteiger partial charge in [-0.3, -0.25) is 4.98 Å². The molecule has 0 unspecified atom stereocenters. The van der Waals surface area contributed by atoms with Gasteiger partial charge in [0.25, 0.3) is 0 Å². The Hall–Kier alpha value is -2.61. The first kappa shape index (κ1) is 14.8. The average Bonchev–Trinajstić information content (AvgIpc) is 2.53. The predicted octanol–water partition coefficient (Wildman–Crippen LogP) is 5.17. The lowest BCUT2D eigenvalue weighted by Gasteiger charge is -2.20. The standard InChI is InChI=1S/C19H20N2/c1-3-4-5-6-10-15-21(18-11-8-7-9-12-18)19-14-13-17(2)20-16-19/h3-16H,1-2H3/b4-3-,6-5-,15-10+. The fraction of sp³-hybridized carbons (Fsp3) is 0.105. The van der Waals surface area contributed by atoms with E-state index in [1.165, 1.54) is 0 Å². The van der Waals surface area contributed by atoms with Gasteiger partial charge in [-0.15, -0.1) is 0 Å². The molecule has 0 bridgehead atoms. The van der Waals surface area contributed by atoms with E-state index in [2.05, 4.69) is 28.1 Å². The molecule has 106 valence electrons. The van der Waals surface area contributed by atoms with E-state index in [1.54, 1.807) is 0 Å². The Morgan fingerprint density at radius 1 is 0.857 bits per heavy atom. The second kappa shape index (κ2) is 7.85. The van der Waals surface area contributed by atoms with Gasteiger partial charge in [0.2, 0.25) is 0 Å². The summed E-state index contributed by atoms with van der Waals surface area (Å²) in [5.41, 5.74) is 3.17. The zero-order chi connectivity index (χ0) is 14.9. The Bertz CT molecular complexity index is 622. The van der Waals surface area contributed by atoms with Crippen molar-refractivity contribution in [3.05, 3.63) is 90.9 Å². The van der Waals surface area contributed by atoms with E-state index in [0.717, 1.165) is 17.1 Å². The molecule has 0 saturated heterocycles. The number of aromatic nitrogens is 1. The van der Waals surface area contributed by atoms with E-state index < -0.39 is 0 Å². The lowest BCUT2D eigenvalue weighted by atomic mass is 10.2. The van der Waals surface area contributed by atoms with Gasteiger partial charge in [-0.2, -0.15) is 0 Å². The van der Waals surface area contributed by atoms with Crippen LogP contribution in [-0.4, -0.2) is 4.98 Å². The van der Waals surface area contributed by atoms with Crippen LogP contribution in [-0.2, 0) is 0 Å². The molecule has 21 heavy (non-hydrogen) atoms. The smallest absolute Gasteiger partial charge is 0.0639 e. The number of aryl methyl sites for hydroxylation is 1. The van der Waals surface area contributed by atoms with E-state index in [-0.39, 0.29) is 0 Å². The Morgan fingerprint density at radius 2 is 1.62 bits per heavy atom. The van der Waals surface area contributed by atoms with Crippen molar-refractivity contribution in [2.75, 3.05) is 4.90 Å². The molecule has 1 aromatic heterocycles. The van der Waals surface area contributed by atoms with Crippen molar-refractivity contribution < 1.29 is 0 Å². The largest absolute Gasteiger partial charge is 0.316 e. The summed E-state index contributed by atoms with van der Waals surface area (Å²) < 4.78 is 0. The highest BCUT2D eigenvalue weighted by Crippen LogP contribution is 2.24. The van der Waals surface area contributed by atoms with Crippen LogP contribution in [0.25, 0.3) is 0 Å². The summed E-state index contributed by atoms with van der Waals surface area (Å²) in [5, 5.41) is 0. The third kappa shape index (κ3) is 4.46. The minimum Gasteiger partial charge on any atom is -0.316 e. The first-order chi connectivity index (χ1) is 10.3. The third-order valence-corrected chi connectivity index (χ3v) is 2.97. The molecule has 2 heteroatoms. The zero-order valence-corrected chi connectivity index (χ0v) is 12.5. The number of anilines is 2. The highest BCUT2D eigenvalue weighted by Gasteiger charge is 2.05. The van der Waals surface area contributed by atoms with Crippen LogP contribution in [0.2, 0.25) is 0 Å². The molecule has 0 atom stereocenters. The number of pyridine rings is 1. The molecule has 2 aromatic rings. The summed E-state index contributed by atoms with van der Waals surface area (Å²) in [5.74, 6) is 0. The number of hydrogen-bond acceptors (Lipinski definition) is 2. The maximum Gasteiger partial charge on any atom is 0.0639 e. The zero-order valence-electron chi connectivity index (χ0n) is 12.5. The lowest BCUT2D eigenvalue weighted by molar-refractivity contribution is 1.16. The van der Waals surface area contributed by atoms with Crippen LogP contribution < -0.4 is 4.90 Å². The molecular formula is C19H20N2. The summed E-state index contributed by atoms with van der Waals surface area (Å²) in [6.07, 6.45) is 14.0. The van der Waals surface area contributed by atoms with Gasteiger partial charge in [0.05, 0.1) is 11.9 Å². The van der Waals surface area contributed by atoms with Crippen molar-refractivity contribution in [2.45, 2.75) is 13.8 Å². The molecule has 1 heterocycles. The minimum atomic E-state index is 1.02. The van der Waals surface area contributed by atoms with Crippen molar-refractivity contribution in [1.82, 2.24) is 4.98 Å². The summed E-state index contributed by atoms with van der Waals surface area (Å²) in [4.78, 5) is 6.50. The molecule has 0 saturated carbocycles. The third-order valence-electron chi connectivity index (χ3n) is 2.97. The summed E-state index contributed by atoms with van der Waals surface area (Å²) in [6, 6.07) is 14.4. The van der Waals surface area contributed by atoms with E-state index in [1.807, 2.05) is 80.9 Å². The van der Waals surface area contributed by atoms with E-state index in [0.29, 0.717) is 0 Å². The number of benzene rings is 1. The fourth-order valence-electron chi connectivity index (χ4n) is 1.89. The van der Waals surface area contributed by atoms with E-state index in [9.17, 15) is 0 Å². The monoisotopic (exact) mass is 276 g/mol. The first-order valence-corrected chi connectivity index (χ1v) is 7.04. The van der Waals surface area contributed by atoms with Crippen LogP contribution in [0.15, 0.2) is 85.2 Å². The molecule has 1 aromatic carbocycles. The SMILES string of the molecule is C\C=C/C=C\C=C\N(c1ccccc1)c1ccc(C)nc1. The van der Waals surface area contributed by atoms with E-state index >= 15 is 0 Å². The Labute approximate surface area is 126 Å². The highest BCUT2D eigenvalue weighted by atomic mass is 15.1. The number of hydrogen-bond donors (Lipinski definition) is 0. The van der Waals surface area contributed by atoms with Gasteiger partial charge in [-0.1, -0.05) is 42.5 Å². The number of rotatable bonds is 5. The molecule has 0 N–H and O–H groups in total. The predicted molar refractivity (Wildman–Crippen MR) is 90.6 cm³/mol. The van der Waals surface area contributed by atoms with Crippen LogP contribution in [0.5, 0.6) is 0 Å². The fourth-order valence-corrected chi connectivity index (χ4v) is 1.89. The highest BCUT2D eigenvalue weighted by molar-refractivity contribution is 5.65. The van der Waals surface area contributed by atoms with Crippen molar-refractivity contribution >= 4 is 11.4 Å². The van der Waals surface area contributed by atoms with Crippen LogP contribution >= 0.6 is 0 Å². The maximum absolute atomic E-state index is 4.38. The molecule has 0 amide bonds. The minimum absolute atomic E-state index is 1.02. The van der Waals surface area contributed by atoms with Gasteiger partial charge in [0, 0.05) is 17.6 Å². The Balaban J connectivity index is 2.29. The Morgan fingerprint density at radius 3 is 2.29 bits per heavy atom. The first-order valence-electron chi connectivity index (χ1n) is 7.04. The molecule has 2 nitrogen and oxygen atoms in total. The number of para-hydroxylation sites is 1. The van der Waals surface area contributed by atoms with Crippen molar-refractivity contribution in [2.24, 2.45) is 0 Å². The van der Waals surface area contributed by atoms with Crippen LogP contribution in [0.3, 0.4) is 0 Å². The van der Waals surface area contributed by atoms with Crippen LogP contribution in [0.4, 0.5) is 11.4 Å². The van der Waals surface area contributed by atoms with Crippen LogP contribution in [0.1, 0.15) is 12.6 Å². The molecule has 0 aliphatic rings. The topological polar surface area (TPSA) is 16.1 Å². The molecule has 0 aliphatic heterocycles. The van der Waals surface area contributed by atoms with Gasteiger partial charge < -0.3 is 4.90 Å². The van der Waals surface area contributed by atoms with Gasteiger partial charge in [-0.25, -0.2) is 0 Å². The molecule has 0 spiro atoms. The molecule has 0 fully saturated rings. The Kier molecular flexibility index (Phi) is 5.53.